The molecule has 0 amide bonds. The lowest BCUT2D eigenvalue weighted by atomic mass is 10.1. The van der Waals surface area contributed by atoms with E-state index in [-0.39, 0.29) is 29.3 Å². The number of nitro groups is 1. The minimum atomic E-state index is -0.645. The molecule has 0 aliphatic rings. The van der Waals surface area contributed by atoms with Crippen molar-refractivity contribution in [3.63, 3.8) is 0 Å². The molecule has 0 aliphatic carbocycles. The quantitative estimate of drug-likeness (QED) is 0.303. The number of benzene rings is 1. The van der Waals surface area contributed by atoms with Gasteiger partial charge in [0.25, 0.3) is 11.2 Å². The molecule has 0 radical (unpaired) electrons. The van der Waals surface area contributed by atoms with E-state index in [0.717, 1.165) is 10.4 Å². The molecule has 3 aromatic rings. The fourth-order valence-electron chi connectivity index (χ4n) is 2.67. The number of hydrogen-bond donors (Lipinski definition) is 1. The number of carbonyl (C=O) groups excluding carboxylic acids is 1. The molecule has 0 atom stereocenters. The summed E-state index contributed by atoms with van der Waals surface area (Å²) in [5.74, 6) is -0.552. The molecular formula is C19H17N3O5S. The first kappa shape index (κ1) is 19.4. The molecule has 0 saturated heterocycles. The summed E-state index contributed by atoms with van der Waals surface area (Å²) in [6, 6.07) is 5.68. The molecule has 3 rings (SSSR count). The molecule has 2 aromatic heterocycles. The van der Waals surface area contributed by atoms with Gasteiger partial charge in [-0.15, -0.1) is 11.3 Å². The molecule has 8 nitrogen and oxygen atoms in total. The summed E-state index contributed by atoms with van der Waals surface area (Å²) in [5, 5.41) is 11.3. The average Bonchev–Trinajstić information content (AvgIpc) is 2.94. The van der Waals surface area contributed by atoms with E-state index in [0.29, 0.717) is 15.8 Å². The maximum atomic E-state index is 12.5. The van der Waals surface area contributed by atoms with Crippen LogP contribution in [0.2, 0.25) is 0 Å². The van der Waals surface area contributed by atoms with Gasteiger partial charge in [0.05, 0.1) is 16.9 Å². The van der Waals surface area contributed by atoms with Crippen molar-refractivity contribution in [2.75, 3.05) is 6.61 Å². The molecule has 144 valence electrons. The third kappa shape index (κ3) is 3.70. The van der Waals surface area contributed by atoms with E-state index in [9.17, 15) is 19.7 Å². The molecule has 0 fully saturated rings. The Kier molecular flexibility index (Phi) is 5.36. The average molecular weight is 399 g/mol. The molecule has 0 unspecified atom stereocenters. The maximum Gasteiger partial charge on any atom is 0.341 e. The highest BCUT2D eigenvalue weighted by Gasteiger charge is 2.19. The van der Waals surface area contributed by atoms with Crippen molar-refractivity contribution < 1.29 is 14.5 Å². The number of fused-ring (bicyclic) bond motifs is 1. The van der Waals surface area contributed by atoms with Gasteiger partial charge in [-0.25, -0.2) is 9.78 Å². The fraction of sp³-hybridized carbons (Fsp3) is 0.211. The number of esters is 1. The summed E-state index contributed by atoms with van der Waals surface area (Å²) in [7, 11) is 0. The van der Waals surface area contributed by atoms with E-state index in [4.69, 9.17) is 4.74 Å². The van der Waals surface area contributed by atoms with Crippen LogP contribution in [0.3, 0.4) is 0 Å². The highest BCUT2D eigenvalue weighted by Crippen LogP contribution is 2.27. The zero-order valence-corrected chi connectivity index (χ0v) is 16.3. The van der Waals surface area contributed by atoms with Gasteiger partial charge in [0.15, 0.2) is 0 Å². The van der Waals surface area contributed by atoms with Crippen molar-refractivity contribution in [2.45, 2.75) is 20.8 Å². The van der Waals surface area contributed by atoms with Crippen LogP contribution in [0, 0.1) is 24.0 Å². The van der Waals surface area contributed by atoms with E-state index >= 15 is 0 Å². The summed E-state index contributed by atoms with van der Waals surface area (Å²) < 4.78 is 5.10. The predicted octanol–water partition coefficient (Wildman–Crippen LogP) is 3.61. The van der Waals surface area contributed by atoms with Crippen LogP contribution in [0.4, 0.5) is 5.69 Å². The van der Waals surface area contributed by atoms with Gasteiger partial charge in [-0.2, -0.15) is 0 Å². The van der Waals surface area contributed by atoms with Crippen LogP contribution in [0.15, 0.2) is 29.1 Å². The lowest BCUT2D eigenvalue weighted by molar-refractivity contribution is -0.384. The fourth-order valence-corrected chi connectivity index (χ4v) is 3.70. The number of ether oxygens (including phenoxy) is 1. The lowest BCUT2D eigenvalue weighted by Crippen LogP contribution is -2.15. The standard InChI is InChI=1S/C19H17N3O5S/c1-4-27-19(24)14(9-12-5-7-13(8-6-12)22(25)26)16-20-17(23)15-10(2)11(3)28-18(15)21-16/h5-9H,4H2,1-3H3,(H,20,21,23)/b14-9+. The molecule has 0 spiro atoms. The van der Waals surface area contributed by atoms with Crippen molar-refractivity contribution in [1.82, 2.24) is 9.97 Å². The van der Waals surface area contributed by atoms with Gasteiger partial charge in [-0.05, 0) is 50.1 Å². The molecule has 9 heteroatoms. The van der Waals surface area contributed by atoms with Crippen molar-refractivity contribution in [3.05, 3.63) is 66.6 Å². The van der Waals surface area contributed by atoms with Gasteiger partial charge in [0, 0.05) is 17.0 Å². The number of aryl methyl sites for hydroxylation is 2. The van der Waals surface area contributed by atoms with Crippen molar-refractivity contribution >= 4 is 44.9 Å². The van der Waals surface area contributed by atoms with Gasteiger partial charge >= 0.3 is 5.97 Å². The number of nitrogens with zero attached hydrogens (tertiary/aromatic N) is 2. The number of aromatic amines is 1. The minimum absolute atomic E-state index is 0.0627. The Morgan fingerprint density at radius 2 is 2.00 bits per heavy atom. The number of nitrogens with one attached hydrogen (secondary N) is 1. The first-order valence-electron chi connectivity index (χ1n) is 8.45. The predicted molar refractivity (Wildman–Crippen MR) is 107 cm³/mol. The van der Waals surface area contributed by atoms with E-state index < -0.39 is 10.9 Å². The molecule has 0 saturated carbocycles. The van der Waals surface area contributed by atoms with Crippen molar-refractivity contribution in [2.24, 2.45) is 0 Å². The molecule has 0 aliphatic heterocycles. The summed E-state index contributed by atoms with van der Waals surface area (Å²) in [6.45, 7) is 5.58. The van der Waals surface area contributed by atoms with Gasteiger partial charge in [0.1, 0.15) is 16.2 Å². The smallest absolute Gasteiger partial charge is 0.341 e. The summed E-state index contributed by atoms with van der Waals surface area (Å²) in [5.41, 5.74) is 1.07. The first-order valence-corrected chi connectivity index (χ1v) is 9.27. The summed E-state index contributed by atoms with van der Waals surface area (Å²) in [4.78, 5) is 43.9. The zero-order chi connectivity index (χ0) is 20.4. The Bertz CT molecular complexity index is 1160. The Morgan fingerprint density at radius 1 is 1.32 bits per heavy atom. The summed E-state index contributed by atoms with van der Waals surface area (Å²) >= 11 is 1.38. The van der Waals surface area contributed by atoms with Crippen molar-refractivity contribution in [1.29, 1.82) is 0 Å². The molecule has 0 bridgehead atoms. The SMILES string of the molecule is CCOC(=O)/C(=C/c1ccc([N+](=O)[O-])cc1)c1nc2sc(C)c(C)c2c(=O)[nH]1. The van der Waals surface area contributed by atoms with Crippen LogP contribution in [-0.4, -0.2) is 27.5 Å². The second kappa shape index (κ2) is 7.73. The van der Waals surface area contributed by atoms with Gasteiger partial charge in [-0.1, -0.05) is 0 Å². The van der Waals surface area contributed by atoms with Crippen LogP contribution in [0.5, 0.6) is 0 Å². The highest BCUT2D eigenvalue weighted by molar-refractivity contribution is 7.18. The van der Waals surface area contributed by atoms with E-state index in [1.807, 2.05) is 13.8 Å². The topological polar surface area (TPSA) is 115 Å². The molecular weight excluding hydrogens is 382 g/mol. The van der Waals surface area contributed by atoms with E-state index in [2.05, 4.69) is 9.97 Å². The third-order valence-electron chi connectivity index (χ3n) is 4.20. The van der Waals surface area contributed by atoms with E-state index in [1.165, 1.54) is 41.7 Å². The molecule has 28 heavy (non-hydrogen) atoms. The number of thiophene rings is 1. The Labute approximate surface area is 163 Å². The number of nitro benzene ring substituents is 1. The first-order chi connectivity index (χ1) is 13.3. The highest BCUT2D eigenvalue weighted by atomic mass is 32.1. The van der Waals surface area contributed by atoms with Crippen LogP contribution in [0.1, 0.15) is 28.8 Å². The third-order valence-corrected chi connectivity index (χ3v) is 5.31. The van der Waals surface area contributed by atoms with Gasteiger partial charge in [0.2, 0.25) is 0 Å². The van der Waals surface area contributed by atoms with Crippen LogP contribution >= 0.6 is 11.3 Å². The Balaban J connectivity index is 2.15. The van der Waals surface area contributed by atoms with Gasteiger partial charge in [-0.3, -0.25) is 14.9 Å². The van der Waals surface area contributed by atoms with Crippen molar-refractivity contribution in [3.8, 4) is 0 Å². The second-order valence-corrected chi connectivity index (χ2v) is 7.21. The largest absolute Gasteiger partial charge is 0.462 e. The van der Waals surface area contributed by atoms with Gasteiger partial charge < -0.3 is 9.72 Å². The van der Waals surface area contributed by atoms with Crippen LogP contribution in [0.25, 0.3) is 21.9 Å². The van der Waals surface area contributed by atoms with Crippen LogP contribution in [-0.2, 0) is 9.53 Å². The summed E-state index contributed by atoms with van der Waals surface area (Å²) in [6.07, 6.45) is 1.49. The number of carbonyl (C=O) groups is 1. The number of hydrogen-bond acceptors (Lipinski definition) is 7. The molecule has 2 heterocycles. The number of non-ortho nitro benzene ring substituents is 1. The second-order valence-electron chi connectivity index (χ2n) is 6.01. The Morgan fingerprint density at radius 3 is 2.61 bits per heavy atom. The number of H-pyrrole nitrogens is 1. The maximum absolute atomic E-state index is 12.5. The van der Waals surface area contributed by atoms with Crippen LogP contribution < -0.4 is 5.56 Å². The minimum Gasteiger partial charge on any atom is -0.462 e. The lowest BCUT2D eigenvalue weighted by Gasteiger charge is -2.07. The Hall–Kier alpha value is -3.33. The molecule has 1 aromatic carbocycles. The zero-order valence-electron chi connectivity index (χ0n) is 15.4. The normalized spacial score (nSPS) is 11.6. The number of rotatable bonds is 5. The monoisotopic (exact) mass is 399 g/mol. The number of aromatic nitrogens is 2. The molecule has 1 N–H and O–H groups in total. The van der Waals surface area contributed by atoms with E-state index in [1.54, 1.807) is 6.92 Å².